The van der Waals surface area contributed by atoms with E-state index in [9.17, 15) is 4.79 Å². The summed E-state index contributed by atoms with van der Waals surface area (Å²) >= 11 is 3.63. The highest BCUT2D eigenvalue weighted by atomic mass is 79.9. The average Bonchev–Trinajstić information content (AvgIpc) is 3.28. The molecule has 0 radical (unpaired) electrons. The van der Waals surface area contributed by atoms with Crippen molar-refractivity contribution in [1.82, 2.24) is 4.57 Å². The van der Waals surface area contributed by atoms with Gasteiger partial charge in [0.25, 0.3) is 0 Å². The van der Waals surface area contributed by atoms with Gasteiger partial charge in [-0.25, -0.2) is 0 Å². The normalized spacial score (nSPS) is 10.6. The van der Waals surface area contributed by atoms with E-state index in [0.29, 0.717) is 28.4 Å². The standard InChI is InChI=1S/C26H22BrNO4/c1-30-23-13-17(14-24(31-2)26(23)32-3)25(29)21-16-28(18-9-5-4-6-10-18)15-20(21)19-11-7-8-12-22(19)27/h4-16H,1-3H3. The third-order valence-electron chi connectivity index (χ3n) is 5.22. The summed E-state index contributed by atoms with van der Waals surface area (Å²) in [6.45, 7) is 0. The molecule has 0 saturated heterocycles. The number of ketones is 1. The van der Waals surface area contributed by atoms with Crippen LogP contribution in [0, 0.1) is 0 Å². The van der Waals surface area contributed by atoms with Crippen molar-refractivity contribution in [3.63, 3.8) is 0 Å². The molecule has 0 atom stereocenters. The van der Waals surface area contributed by atoms with Crippen LogP contribution in [0.25, 0.3) is 16.8 Å². The third-order valence-corrected chi connectivity index (χ3v) is 5.91. The second kappa shape index (κ2) is 9.32. The lowest BCUT2D eigenvalue weighted by Gasteiger charge is -2.14. The zero-order valence-corrected chi connectivity index (χ0v) is 19.5. The van der Waals surface area contributed by atoms with Crippen molar-refractivity contribution < 1.29 is 19.0 Å². The molecule has 0 aliphatic rings. The Morgan fingerprint density at radius 2 is 1.41 bits per heavy atom. The minimum atomic E-state index is -0.148. The number of carbonyl (C=O) groups excluding carboxylic acids is 1. The molecule has 1 heterocycles. The molecule has 1 aromatic heterocycles. The number of methoxy groups -OCH3 is 3. The molecule has 0 spiro atoms. The first-order chi connectivity index (χ1) is 15.6. The van der Waals surface area contributed by atoms with Crippen LogP contribution in [-0.4, -0.2) is 31.7 Å². The number of hydrogen-bond acceptors (Lipinski definition) is 4. The number of rotatable bonds is 7. The van der Waals surface area contributed by atoms with Crippen molar-refractivity contribution >= 4 is 21.7 Å². The van der Waals surface area contributed by atoms with Crippen molar-refractivity contribution in [1.29, 1.82) is 0 Å². The fraction of sp³-hybridized carbons (Fsp3) is 0.115. The van der Waals surface area contributed by atoms with E-state index in [1.54, 1.807) is 12.1 Å². The summed E-state index contributed by atoms with van der Waals surface area (Å²) in [6.07, 6.45) is 3.83. The van der Waals surface area contributed by atoms with Gasteiger partial charge in [-0.2, -0.15) is 0 Å². The van der Waals surface area contributed by atoms with E-state index in [0.717, 1.165) is 21.3 Å². The molecule has 4 rings (SSSR count). The molecule has 0 amide bonds. The van der Waals surface area contributed by atoms with E-state index in [1.807, 2.05) is 71.6 Å². The van der Waals surface area contributed by atoms with Crippen molar-refractivity contribution in [2.75, 3.05) is 21.3 Å². The summed E-state index contributed by atoms with van der Waals surface area (Å²) in [4.78, 5) is 13.8. The number of nitrogens with zero attached hydrogens (tertiary/aromatic N) is 1. The van der Waals surface area contributed by atoms with Crippen molar-refractivity contribution in [2.24, 2.45) is 0 Å². The van der Waals surface area contributed by atoms with E-state index in [2.05, 4.69) is 15.9 Å². The van der Waals surface area contributed by atoms with Gasteiger partial charge in [0.1, 0.15) is 0 Å². The first-order valence-electron chi connectivity index (χ1n) is 9.94. The van der Waals surface area contributed by atoms with E-state index in [1.165, 1.54) is 21.3 Å². The quantitative estimate of drug-likeness (QED) is 0.290. The lowest BCUT2D eigenvalue weighted by Crippen LogP contribution is -2.05. The van der Waals surface area contributed by atoms with Crippen LogP contribution in [0.2, 0.25) is 0 Å². The number of hydrogen-bond donors (Lipinski definition) is 0. The van der Waals surface area contributed by atoms with Crippen molar-refractivity contribution in [3.8, 4) is 34.1 Å². The number of benzene rings is 3. The maximum Gasteiger partial charge on any atom is 0.203 e. The molecule has 0 aliphatic heterocycles. The highest BCUT2D eigenvalue weighted by molar-refractivity contribution is 9.10. The van der Waals surface area contributed by atoms with Gasteiger partial charge >= 0.3 is 0 Å². The lowest BCUT2D eigenvalue weighted by molar-refractivity contribution is 0.103. The summed E-state index contributed by atoms with van der Waals surface area (Å²) in [7, 11) is 4.60. The van der Waals surface area contributed by atoms with Crippen LogP contribution in [0.4, 0.5) is 0 Å². The van der Waals surface area contributed by atoms with E-state index < -0.39 is 0 Å². The van der Waals surface area contributed by atoms with Gasteiger partial charge in [0.15, 0.2) is 17.3 Å². The molecule has 0 N–H and O–H groups in total. The fourth-order valence-electron chi connectivity index (χ4n) is 3.65. The largest absolute Gasteiger partial charge is 0.493 e. The van der Waals surface area contributed by atoms with Crippen molar-refractivity contribution in [2.45, 2.75) is 0 Å². The molecule has 0 aliphatic carbocycles. The van der Waals surface area contributed by atoms with Crippen LogP contribution < -0.4 is 14.2 Å². The molecule has 162 valence electrons. The Labute approximate surface area is 195 Å². The molecule has 0 unspecified atom stereocenters. The van der Waals surface area contributed by atoms with Gasteiger partial charge in [-0.3, -0.25) is 4.79 Å². The second-order valence-corrected chi connectivity index (χ2v) is 7.91. The average molecular weight is 492 g/mol. The Morgan fingerprint density at radius 3 is 2.00 bits per heavy atom. The second-order valence-electron chi connectivity index (χ2n) is 7.05. The van der Waals surface area contributed by atoms with Crippen LogP contribution in [0.3, 0.4) is 0 Å². The van der Waals surface area contributed by atoms with Crippen LogP contribution >= 0.6 is 15.9 Å². The summed E-state index contributed by atoms with van der Waals surface area (Å²) in [5.74, 6) is 1.16. The molecule has 4 aromatic rings. The molecule has 32 heavy (non-hydrogen) atoms. The predicted molar refractivity (Wildman–Crippen MR) is 128 cm³/mol. The lowest BCUT2D eigenvalue weighted by atomic mass is 9.97. The number of ether oxygens (including phenoxy) is 3. The SMILES string of the molecule is COc1cc(C(=O)c2cn(-c3ccccc3)cc2-c2ccccc2Br)cc(OC)c1OC. The first-order valence-corrected chi connectivity index (χ1v) is 10.7. The Bertz CT molecular complexity index is 1240. The summed E-state index contributed by atoms with van der Waals surface area (Å²) in [5.41, 5.74) is 3.72. The number of halogens is 1. The molecular weight excluding hydrogens is 470 g/mol. The van der Waals surface area contributed by atoms with Crippen LogP contribution in [-0.2, 0) is 0 Å². The van der Waals surface area contributed by atoms with Crippen LogP contribution in [0.5, 0.6) is 17.2 Å². The van der Waals surface area contributed by atoms with Gasteiger partial charge < -0.3 is 18.8 Å². The monoisotopic (exact) mass is 491 g/mol. The Balaban J connectivity index is 1.90. The Kier molecular flexibility index (Phi) is 6.32. The maximum absolute atomic E-state index is 13.8. The Hall–Kier alpha value is -3.51. The maximum atomic E-state index is 13.8. The highest BCUT2D eigenvalue weighted by Crippen LogP contribution is 2.40. The topological polar surface area (TPSA) is 49.7 Å². The smallest absolute Gasteiger partial charge is 0.203 e. The van der Waals surface area contributed by atoms with E-state index in [4.69, 9.17) is 14.2 Å². The Morgan fingerprint density at radius 1 is 0.781 bits per heavy atom. The van der Waals surface area contributed by atoms with Gasteiger partial charge in [0.2, 0.25) is 5.75 Å². The molecule has 0 bridgehead atoms. The van der Waals surface area contributed by atoms with Gasteiger partial charge in [-0.15, -0.1) is 0 Å². The first kappa shape index (κ1) is 21.7. The number of carbonyl (C=O) groups is 1. The van der Waals surface area contributed by atoms with E-state index in [-0.39, 0.29) is 5.78 Å². The molecule has 0 saturated carbocycles. The molecule has 0 fully saturated rings. The summed E-state index contributed by atoms with van der Waals surface area (Å²) < 4.78 is 19.2. The van der Waals surface area contributed by atoms with Gasteiger partial charge in [-0.1, -0.05) is 52.3 Å². The van der Waals surface area contributed by atoms with Gasteiger partial charge in [0, 0.05) is 39.2 Å². The highest BCUT2D eigenvalue weighted by Gasteiger charge is 2.23. The minimum Gasteiger partial charge on any atom is -0.493 e. The minimum absolute atomic E-state index is 0.148. The zero-order chi connectivity index (χ0) is 22.7. The summed E-state index contributed by atoms with van der Waals surface area (Å²) in [5, 5.41) is 0. The zero-order valence-electron chi connectivity index (χ0n) is 18.0. The van der Waals surface area contributed by atoms with Gasteiger partial charge in [0.05, 0.1) is 21.3 Å². The van der Waals surface area contributed by atoms with Crippen molar-refractivity contribution in [3.05, 3.63) is 94.7 Å². The van der Waals surface area contributed by atoms with E-state index >= 15 is 0 Å². The molecule has 3 aromatic carbocycles. The molecule has 5 nitrogen and oxygen atoms in total. The van der Waals surface area contributed by atoms with Crippen LogP contribution in [0.15, 0.2) is 83.6 Å². The fourth-order valence-corrected chi connectivity index (χ4v) is 4.14. The number of aromatic nitrogens is 1. The van der Waals surface area contributed by atoms with Crippen LogP contribution in [0.1, 0.15) is 15.9 Å². The molecular formula is C26H22BrNO4. The predicted octanol–water partition coefficient (Wildman–Crippen LogP) is 6.16. The molecule has 6 heteroatoms. The third kappa shape index (κ3) is 4.01. The van der Waals surface area contributed by atoms with Gasteiger partial charge in [-0.05, 0) is 35.9 Å². The summed E-state index contributed by atoms with van der Waals surface area (Å²) in [6, 6.07) is 21.1. The number of para-hydroxylation sites is 1.